The number of carboxylic acids is 1. The monoisotopic (exact) mass is 450 g/mol. The van der Waals surface area contributed by atoms with Gasteiger partial charge in [-0.25, -0.2) is 4.99 Å². The van der Waals surface area contributed by atoms with Crippen LogP contribution in [0, 0.1) is 0 Å². The van der Waals surface area contributed by atoms with Crippen molar-refractivity contribution in [1.29, 1.82) is 0 Å². The quantitative estimate of drug-likeness (QED) is 0.539. The van der Waals surface area contributed by atoms with E-state index in [0.29, 0.717) is 43.5 Å². The van der Waals surface area contributed by atoms with Crippen LogP contribution in [0.2, 0.25) is 0 Å². The Labute approximate surface area is 191 Å². The fourth-order valence-corrected chi connectivity index (χ4v) is 3.86. The molecule has 33 heavy (non-hydrogen) atoms. The Morgan fingerprint density at radius 1 is 1.09 bits per heavy atom. The molecule has 4 rings (SSSR count). The highest BCUT2D eigenvalue weighted by molar-refractivity contribution is 6.05. The number of para-hydroxylation sites is 1. The minimum Gasteiger partial charge on any atom is -0.494 e. The molecule has 9 nitrogen and oxygen atoms in total. The Bertz CT molecular complexity index is 1070. The number of anilines is 1. The third-order valence-electron chi connectivity index (χ3n) is 5.50. The Morgan fingerprint density at radius 2 is 1.91 bits per heavy atom. The molecular weight excluding hydrogens is 424 g/mol. The third kappa shape index (κ3) is 5.68. The number of aliphatic imine (C=N–C) groups is 1. The van der Waals surface area contributed by atoms with Gasteiger partial charge in [-0.3, -0.25) is 19.7 Å². The van der Waals surface area contributed by atoms with E-state index in [2.05, 4.69) is 10.3 Å². The summed E-state index contributed by atoms with van der Waals surface area (Å²) >= 11 is 0. The smallest absolute Gasteiger partial charge is 0.323 e. The molecule has 2 aliphatic rings. The van der Waals surface area contributed by atoms with Crippen LogP contribution in [0.15, 0.2) is 53.5 Å². The molecule has 2 aliphatic heterocycles. The van der Waals surface area contributed by atoms with Gasteiger partial charge in [-0.05, 0) is 43.0 Å². The molecule has 0 spiro atoms. The minimum absolute atomic E-state index is 0.0497. The summed E-state index contributed by atoms with van der Waals surface area (Å²) in [6, 6.07) is 14.6. The predicted molar refractivity (Wildman–Crippen MR) is 122 cm³/mol. The molecule has 0 unspecified atom stereocenters. The number of guanidine groups is 1. The van der Waals surface area contributed by atoms with Crippen molar-refractivity contribution in [3.63, 3.8) is 0 Å². The Kier molecular flexibility index (Phi) is 6.87. The van der Waals surface area contributed by atoms with Crippen LogP contribution in [0.4, 0.5) is 11.4 Å². The second kappa shape index (κ2) is 10.2. The number of fused-ring (bicyclic) bond motifs is 2. The Hall–Kier alpha value is -3.88. The zero-order valence-corrected chi connectivity index (χ0v) is 18.2. The van der Waals surface area contributed by atoms with Crippen molar-refractivity contribution in [1.82, 2.24) is 10.2 Å². The van der Waals surface area contributed by atoms with Crippen LogP contribution in [0.1, 0.15) is 31.2 Å². The van der Waals surface area contributed by atoms with Crippen molar-refractivity contribution in [3.05, 3.63) is 54.1 Å². The van der Waals surface area contributed by atoms with Crippen molar-refractivity contribution in [2.24, 2.45) is 4.99 Å². The Morgan fingerprint density at radius 3 is 2.70 bits per heavy atom. The summed E-state index contributed by atoms with van der Waals surface area (Å²) in [6.45, 7) is 1.13. The van der Waals surface area contributed by atoms with Gasteiger partial charge >= 0.3 is 5.97 Å². The molecule has 0 aliphatic carbocycles. The van der Waals surface area contributed by atoms with E-state index in [1.54, 1.807) is 24.3 Å². The number of rotatable bonds is 10. The lowest BCUT2D eigenvalue weighted by molar-refractivity contribution is -0.136. The van der Waals surface area contributed by atoms with E-state index >= 15 is 0 Å². The zero-order valence-electron chi connectivity index (χ0n) is 18.2. The second-order valence-corrected chi connectivity index (χ2v) is 8.00. The van der Waals surface area contributed by atoms with Gasteiger partial charge in [0.1, 0.15) is 18.8 Å². The van der Waals surface area contributed by atoms with E-state index < -0.39 is 5.97 Å². The normalized spacial score (nSPS) is 14.1. The average molecular weight is 450 g/mol. The largest absolute Gasteiger partial charge is 0.494 e. The highest BCUT2D eigenvalue weighted by atomic mass is 16.5. The summed E-state index contributed by atoms with van der Waals surface area (Å²) in [6.07, 6.45) is 2.49. The minimum atomic E-state index is -1.04. The molecule has 2 N–H and O–H groups in total. The number of carbonyl (C=O) groups is 3. The van der Waals surface area contributed by atoms with E-state index in [1.165, 1.54) is 4.90 Å². The predicted octanol–water partition coefficient (Wildman–Crippen LogP) is 2.68. The first-order chi connectivity index (χ1) is 16.0. The van der Waals surface area contributed by atoms with Gasteiger partial charge in [0, 0.05) is 24.7 Å². The highest BCUT2D eigenvalue weighted by Crippen LogP contribution is 2.30. The van der Waals surface area contributed by atoms with Crippen LogP contribution < -0.4 is 15.0 Å². The van der Waals surface area contributed by atoms with Gasteiger partial charge in [0.05, 0.1) is 12.3 Å². The van der Waals surface area contributed by atoms with Gasteiger partial charge in [0.15, 0.2) is 0 Å². The van der Waals surface area contributed by atoms with E-state index in [0.717, 1.165) is 24.1 Å². The first-order valence-electron chi connectivity index (χ1n) is 11.0. The van der Waals surface area contributed by atoms with E-state index in [9.17, 15) is 14.4 Å². The van der Waals surface area contributed by atoms with Crippen LogP contribution in [0.25, 0.3) is 0 Å². The molecule has 1 saturated heterocycles. The van der Waals surface area contributed by atoms with Crippen molar-refractivity contribution in [3.8, 4) is 5.75 Å². The number of amides is 2. The Balaban J connectivity index is 1.21. The molecule has 0 atom stereocenters. The molecule has 0 aromatic heterocycles. The van der Waals surface area contributed by atoms with Crippen molar-refractivity contribution < 1.29 is 24.2 Å². The van der Waals surface area contributed by atoms with Crippen LogP contribution in [-0.4, -0.2) is 53.4 Å². The number of hydrogen-bond donors (Lipinski definition) is 2. The van der Waals surface area contributed by atoms with E-state index in [-0.39, 0.29) is 24.8 Å². The van der Waals surface area contributed by atoms with E-state index in [1.807, 2.05) is 29.2 Å². The summed E-state index contributed by atoms with van der Waals surface area (Å²) in [5.74, 6) is 0.00181. The fourth-order valence-electron chi connectivity index (χ4n) is 3.86. The van der Waals surface area contributed by atoms with Crippen LogP contribution in [-0.2, 0) is 20.9 Å². The number of nitrogens with one attached hydrogen (secondary N) is 1. The van der Waals surface area contributed by atoms with Gasteiger partial charge < -0.3 is 19.6 Å². The number of ether oxygens (including phenoxy) is 1. The van der Waals surface area contributed by atoms with E-state index in [4.69, 9.17) is 9.84 Å². The summed E-state index contributed by atoms with van der Waals surface area (Å²) in [5.41, 5.74) is 2.43. The van der Waals surface area contributed by atoms with Crippen LogP contribution >= 0.6 is 0 Å². The summed E-state index contributed by atoms with van der Waals surface area (Å²) in [5, 5.41) is 11.9. The highest BCUT2D eigenvalue weighted by Gasteiger charge is 2.29. The zero-order chi connectivity index (χ0) is 23.2. The van der Waals surface area contributed by atoms with Gasteiger partial charge in [-0.1, -0.05) is 24.3 Å². The average Bonchev–Trinajstić information content (AvgIpc) is 3.17. The molecular formula is C24H26N4O5. The fraction of sp³-hybridized carbons (Fsp3) is 0.333. The molecule has 1 fully saturated rings. The molecule has 2 aromatic carbocycles. The molecule has 2 aromatic rings. The maximum Gasteiger partial charge on any atom is 0.323 e. The first kappa shape index (κ1) is 22.3. The number of carbonyl (C=O) groups excluding carboxylic acids is 2. The summed E-state index contributed by atoms with van der Waals surface area (Å²) < 4.78 is 5.84. The van der Waals surface area contributed by atoms with Crippen LogP contribution in [0.5, 0.6) is 5.75 Å². The van der Waals surface area contributed by atoms with Gasteiger partial charge in [0.2, 0.25) is 17.8 Å². The summed E-state index contributed by atoms with van der Waals surface area (Å²) in [7, 11) is 0. The van der Waals surface area contributed by atoms with Crippen molar-refractivity contribution in [2.75, 3.05) is 24.6 Å². The number of hydrogen-bond acceptors (Lipinski definition) is 6. The van der Waals surface area contributed by atoms with Gasteiger partial charge in [0.25, 0.3) is 0 Å². The molecule has 0 saturated carbocycles. The number of unbranched alkanes of at least 4 members (excludes halogenated alkanes) is 2. The molecule has 0 bridgehead atoms. The number of carboxylic acid groups (broad SMARTS) is 1. The summed E-state index contributed by atoms with van der Waals surface area (Å²) in [4.78, 5) is 43.0. The maximum atomic E-state index is 12.6. The lowest BCUT2D eigenvalue weighted by atomic mass is 10.1. The second-order valence-electron chi connectivity index (χ2n) is 8.00. The lowest BCUT2D eigenvalue weighted by Crippen LogP contribution is -2.35. The molecule has 172 valence electrons. The number of aliphatic carboxylic acids is 1. The van der Waals surface area contributed by atoms with Crippen molar-refractivity contribution in [2.45, 2.75) is 32.2 Å². The molecule has 2 heterocycles. The lowest BCUT2D eigenvalue weighted by Gasteiger charge is -2.23. The third-order valence-corrected chi connectivity index (χ3v) is 5.50. The molecule has 2 amide bonds. The standard InChI is InChI=1S/C24H26N4O5/c29-21-15-27-14-17-10-11-19(13-20(17)25-24(27)26-21)33-12-6-2-5-9-22(30)28(16-23(31)32)18-7-3-1-4-8-18/h1,3-4,7-8,10-11,13H,2,5-6,9,12,14-16H2,(H,31,32)(H,25,26,29). The van der Waals surface area contributed by atoms with Crippen molar-refractivity contribution >= 4 is 35.1 Å². The van der Waals surface area contributed by atoms with Crippen LogP contribution in [0.3, 0.4) is 0 Å². The topological polar surface area (TPSA) is 112 Å². The van der Waals surface area contributed by atoms with Gasteiger partial charge in [-0.15, -0.1) is 0 Å². The first-order valence-corrected chi connectivity index (χ1v) is 11.0. The maximum absolute atomic E-state index is 12.6. The SMILES string of the molecule is O=C(O)CN(C(=O)CCCCCOc1ccc2c(c1)N=C1NC(=O)CN1C2)c1ccccc1. The molecule has 0 radical (unpaired) electrons. The number of nitrogens with zero attached hydrogens (tertiary/aromatic N) is 3. The van der Waals surface area contributed by atoms with Gasteiger partial charge in [-0.2, -0.15) is 0 Å². The number of benzene rings is 2. The molecule has 9 heteroatoms.